The van der Waals surface area contributed by atoms with Gasteiger partial charge in [-0.3, -0.25) is 0 Å². The van der Waals surface area contributed by atoms with E-state index in [1.54, 1.807) is 0 Å². The van der Waals surface area contributed by atoms with E-state index in [1.807, 2.05) is 0 Å². The van der Waals surface area contributed by atoms with Crippen molar-refractivity contribution in [3.63, 3.8) is 0 Å². The van der Waals surface area contributed by atoms with Crippen molar-refractivity contribution >= 4 is 5.97 Å². The molecule has 0 unspecified atom stereocenters. The lowest BCUT2D eigenvalue weighted by molar-refractivity contribution is -0.181. The van der Waals surface area contributed by atoms with Crippen molar-refractivity contribution in [2.24, 2.45) is 11.8 Å². The Labute approximate surface area is 67.6 Å². The predicted octanol–water partition coefficient (Wildman–Crippen LogP) is 0.0751. The molecule has 1 saturated heterocycles. The molecule has 1 heterocycles. The highest BCUT2D eigenvalue weighted by atomic mass is 19.3. The number of rotatable bonds is 2. The maximum absolute atomic E-state index is 12.9. The SMILES string of the molecule is NOC(=O)C(F)(F)[C@@H]1CCOC1. The average molecular weight is 181 g/mol. The average Bonchev–Trinajstić information content (AvgIpc) is 2.55. The minimum absolute atomic E-state index is 0.123. The minimum atomic E-state index is -3.52. The van der Waals surface area contributed by atoms with Crippen molar-refractivity contribution in [2.75, 3.05) is 13.2 Å². The van der Waals surface area contributed by atoms with Gasteiger partial charge in [-0.1, -0.05) is 0 Å². The third kappa shape index (κ3) is 1.54. The van der Waals surface area contributed by atoms with Crippen LogP contribution >= 0.6 is 0 Å². The van der Waals surface area contributed by atoms with Gasteiger partial charge < -0.3 is 9.57 Å². The monoisotopic (exact) mass is 181 g/mol. The molecule has 0 amide bonds. The first-order valence-electron chi connectivity index (χ1n) is 3.45. The number of hydrogen-bond donors (Lipinski definition) is 1. The summed E-state index contributed by atoms with van der Waals surface area (Å²) in [7, 11) is 0. The van der Waals surface area contributed by atoms with Gasteiger partial charge in [0, 0.05) is 6.61 Å². The molecule has 6 heteroatoms. The molecular formula is C6H9F2NO3. The number of carbonyl (C=O) groups excluding carboxylic acids is 1. The molecule has 0 radical (unpaired) electrons. The first kappa shape index (κ1) is 9.34. The number of nitrogens with two attached hydrogens (primary N) is 1. The van der Waals surface area contributed by atoms with Gasteiger partial charge in [-0.2, -0.15) is 14.7 Å². The summed E-state index contributed by atoms with van der Waals surface area (Å²) in [6.07, 6.45) is 0.155. The number of ether oxygens (including phenoxy) is 1. The van der Waals surface area contributed by atoms with Crippen LogP contribution in [0.25, 0.3) is 0 Å². The van der Waals surface area contributed by atoms with Crippen LogP contribution in [0.15, 0.2) is 0 Å². The van der Waals surface area contributed by atoms with Crippen LogP contribution in [-0.2, 0) is 14.4 Å². The lowest BCUT2D eigenvalue weighted by atomic mass is 10.0. The molecule has 0 aromatic heterocycles. The van der Waals surface area contributed by atoms with Gasteiger partial charge in [0.2, 0.25) is 0 Å². The van der Waals surface area contributed by atoms with Crippen molar-refractivity contribution < 1.29 is 23.1 Å². The van der Waals surface area contributed by atoms with Crippen LogP contribution < -0.4 is 5.90 Å². The fraction of sp³-hybridized carbons (Fsp3) is 0.833. The van der Waals surface area contributed by atoms with Crippen LogP contribution in [0.5, 0.6) is 0 Å². The second kappa shape index (κ2) is 3.32. The molecule has 1 aliphatic heterocycles. The summed E-state index contributed by atoms with van der Waals surface area (Å²) in [6.45, 7) is 0.125. The number of hydrogen-bond acceptors (Lipinski definition) is 4. The third-order valence-corrected chi connectivity index (χ3v) is 1.82. The highest BCUT2D eigenvalue weighted by Crippen LogP contribution is 2.31. The second-order valence-corrected chi connectivity index (χ2v) is 2.59. The fourth-order valence-electron chi connectivity index (χ4n) is 1.07. The van der Waals surface area contributed by atoms with Crippen molar-refractivity contribution in [3.8, 4) is 0 Å². The van der Waals surface area contributed by atoms with Crippen molar-refractivity contribution in [2.45, 2.75) is 12.3 Å². The summed E-state index contributed by atoms with van der Waals surface area (Å²) in [4.78, 5) is 14.0. The molecule has 2 N–H and O–H groups in total. The second-order valence-electron chi connectivity index (χ2n) is 2.59. The molecule has 4 nitrogen and oxygen atoms in total. The topological polar surface area (TPSA) is 61.5 Å². The Morgan fingerprint density at radius 1 is 1.67 bits per heavy atom. The molecule has 0 aliphatic carbocycles. The van der Waals surface area contributed by atoms with Gasteiger partial charge in [-0.25, -0.2) is 4.79 Å². The Balaban J connectivity index is 2.62. The molecule has 0 spiro atoms. The van der Waals surface area contributed by atoms with E-state index in [0.717, 1.165) is 0 Å². The summed E-state index contributed by atoms with van der Waals surface area (Å²) >= 11 is 0. The number of alkyl halides is 2. The van der Waals surface area contributed by atoms with Crippen molar-refractivity contribution in [3.05, 3.63) is 0 Å². The van der Waals surface area contributed by atoms with Crippen LogP contribution in [0.1, 0.15) is 6.42 Å². The smallest absolute Gasteiger partial charge is 0.381 e. The van der Waals surface area contributed by atoms with Gasteiger partial charge >= 0.3 is 11.9 Å². The lowest BCUT2D eigenvalue weighted by Crippen LogP contribution is -2.40. The largest absolute Gasteiger partial charge is 0.395 e. The molecule has 0 saturated carbocycles. The normalized spacial score (nSPS) is 24.1. The number of halogens is 2. The molecule has 70 valence electrons. The molecule has 1 fully saturated rings. The van der Waals surface area contributed by atoms with Crippen LogP contribution in [-0.4, -0.2) is 25.1 Å². The molecule has 0 aromatic carbocycles. The highest BCUT2D eigenvalue weighted by molar-refractivity contribution is 5.77. The standard InChI is InChI=1S/C6H9F2NO3/c7-6(8,5(10)12-9)4-1-2-11-3-4/h4H,1-3,9H2/t4-/m1/s1. The summed E-state index contributed by atoms with van der Waals surface area (Å²) in [5.41, 5.74) is 0. The lowest BCUT2D eigenvalue weighted by Gasteiger charge is -2.17. The van der Waals surface area contributed by atoms with Gasteiger partial charge in [-0.05, 0) is 6.42 Å². The van der Waals surface area contributed by atoms with E-state index in [9.17, 15) is 13.6 Å². The Kier molecular flexibility index (Phi) is 2.58. The summed E-state index contributed by atoms with van der Waals surface area (Å²) in [6, 6.07) is 0. The molecule has 0 bridgehead atoms. The van der Waals surface area contributed by atoms with Crippen LogP contribution in [0, 0.1) is 5.92 Å². The number of carbonyl (C=O) groups is 1. The van der Waals surface area contributed by atoms with E-state index in [4.69, 9.17) is 4.74 Å². The minimum Gasteiger partial charge on any atom is -0.381 e. The zero-order chi connectivity index (χ0) is 9.19. The van der Waals surface area contributed by atoms with Crippen molar-refractivity contribution in [1.82, 2.24) is 0 Å². The molecule has 12 heavy (non-hydrogen) atoms. The maximum Gasteiger partial charge on any atom is 0.395 e. The highest BCUT2D eigenvalue weighted by Gasteiger charge is 2.50. The van der Waals surface area contributed by atoms with Crippen LogP contribution in [0.4, 0.5) is 8.78 Å². The van der Waals surface area contributed by atoms with E-state index in [0.29, 0.717) is 0 Å². The van der Waals surface area contributed by atoms with E-state index >= 15 is 0 Å². The Bertz CT molecular complexity index is 180. The van der Waals surface area contributed by atoms with Gasteiger partial charge in [0.15, 0.2) is 0 Å². The summed E-state index contributed by atoms with van der Waals surface area (Å²) in [5, 5.41) is 0. The quantitative estimate of drug-likeness (QED) is 0.612. The van der Waals surface area contributed by atoms with Gasteiger partial charge in [0.25, 0.3) is 0 Å². The van der Waals surface area contributed by atoms with Crippen molar-refractivity contribution in [1.29, 1.82) is 0 Å². The first-order valence-corrected chi connectivity index (χ1v) is 3.45. The maximum atomic E-state index is 12.9. The van der Waals surface area contributed by atoms with Gasteiger partial charge in [0.1, 0.15) is 0 Å². The third-order valence-electron chi connectivity index (χ3n) is 1.82. The summed E-state index contributed by atoms with van der Waals surface area (Å²) < 4.78 is 30.5. The van der Waals surface area contributed by atoms with E-state index in [2.05, 4.69) is 10.7 Å². The van der Waals surface area contributed by atoms with E-state index in [1.165, 1.54) is 0 Å². The zero-order valence-corrected chi connectivity index (χ0v) is 6.26. The Morgan fingerprint density at radius 2 is 2.33 bits per heavy atom. The molecule has 1 aliphatic rings. The molecular weight excluding hydrogens is 172 g/mol. The fourth-order valence-corrected chi connectivity index (χ4v) is 1.07. The van der Waals surface area contributed by atoms with E-state index < -0.39 is 17.8 Å². The first-order chi connectivity index (χ1) is 5.59. The summed E-state index contributed by atoms with van der Waals surface area (Å²) in [5.74, 6) is -1.97. The zero-order valence-electron chi connectivity index (χ0n) is 6.26. The van der Waals surface area contributed by atoms with Gasteiger partial charge in [0.05, 0.1) is 12.5 Å². The van der Waals surface area contributed by atoms with Crippen LogP contribution in [0.3, 0.4) is 0 Å². The predicted molar refractivity (Wildman–Crippen MR) is 34.2 cm³/mol. The Hall–Kier alpha value is -0.750. The van der Waals surface area contributed by atoms with E-state index in [-0.39, 0.29) is 19.6 Å². The van der Waals surface area contributed by atoms with Crippen LogP contribution in [0.2, 0.25) is 0 Å². The molecule has 0 aromatic rings. The Morgan fingerprint density at radius 3 is 2.75 bits per heavy atom. The molecule has 1 atom stereocenters. The molecule has 1 rings (SSSR count). The van der Waals surface area contributed by atoms with Gasteiger partial charge in [-0.15, -0.1) is 0 Å².